The van der Waals surface area contributed by atoms with Gasteiger partial charge in [0.2, 0.25) is 12.0 Å². The highest BCUT2D eigenvalue weighted by Gasteiger charge is 2.34. The number of carbonyl (C=O) groups excluding carboxylic acids is 1. The van der Waals surface area contributed by atoms with Gasteiger partial charge in [-0.2, -0.15) is 0 Å². The number of pyridine rings is 1. The molecule has 0 spiro atoms. The molecule has 0 fully saturated rings. The molecule has 132 valence electrons. The molecule has 25 heavy (non-hydrogen) atoms. The fourth-order valence-corrected chi connectivity index (χ4v) is 2.39. The minimum absolute atomic E-state index is 0.295. The smallest absolute Gasteiger partial charge is 0.269 e. The first-order valence-electron chi connectivity index (χ1n) is 7.98. The van der Waals surface area contributed by atoms with Gasteiger partial charge in [-0.25, -0.2) is 4.98 Å². The maximum Gasteiger partial charge on any atom is 0.269 e. The van der Waals surface area contributed by atoms with E-state index in [9.17, 15) is 4.79 Å². The van der Waals surface area contributed by atoms with Crippen LogP contribution in [0.1, 0.15) is 6.92 Å². The zero-order chi connectivity index (χ0) is 17.6. The first-order chi connectivity index (χ1) is 12.2. The van der Waals surface area contributed by atoms with Gasteiger partial charge in [-0.05, 0) is 25.1 Å². The van der Waals surface area contributed by atoms with Crippen molar-refractivity contribution in [3.05, 3.63) is 42.6 Å². The summed E-state index contributed by atoms with van der Waals surface area (Å²) in [6, 6.07) is 10.7. The standard InChI is InChI=1S/C18H20N2O5/c1-12-17(25-15-6-4-3-5-14(15)24-12)18(21)20-13-7-8-16(19-11-13)23-10-9-22-2/h3-8,11-12,17H,9-10H2,1-2H3,(H,20,21)/t12-,17+/m0/s1. The lowest BCUT2D eigenvalue weighted by atomic mass is 10.1. The molecule has 1 amide bonds. The Morgan fingerprint density at radius 2 is 1.92 bits per heavy atom. The predicted molar refractivity (Wildman–Crippen MR) is 91.2 cm³/mol. The van der Waals surface area contributed by atoms with Crippen molar-refractivity contribution in [1.29, 1.82) is 0 Å². The maximum absolute atomic E-state index is 12.5. The second kappa shape index (κ2) is 7.85. The molecule has 0 radical (unpaired) electrons. The molecule has 1 N–H and O–H groups in total. The number of amides is 1. The first kappa shape index (κ1) is 17.0. The molecule has 2 atom stereocenters. The summed E-state index contributed by atoms with van der Waals surface area (Å²) in [6.45, 7) is 2.70. The number of carbonyl (C=O) groups is 1. The number of nitrogens with one attached hydrogen (secondary N) is 1. The molecule has 0 aliphatic carbocycles. The van der Waals surface area contributed by atoms with E-state index in [1.807, 2.05) is 18.2 Å². The molecule has 1 aromatic carbocycles. The molecular weight excluding hydrogens is 324 g/mol. The highest BCUT2D eigenvalue weighted by Crippen LogP contribution is 2.33. The van der Waals surface area contributed by atoms with Gasteiger partial charge in [-0.15, -0.1) is 0 Å². The van der Waals surface area contributed by atoms with Crippen molar-refractivity contribution in [3.63, 3.8) is 0 Å². The normalized spacial score (nSPS) is 18.5. The van der Waals surface area contributed by atoms with Gasteiger partial charge in [0, 0.05) is 13.2 Å². The molecule has 1 aliphatic rings. The van der Waals surface area contributed by atoms with Gasteiger partial charge in [0.1, 0.15) is 12.7 Å². The van der Waals surface area contributed by atoms with Crippen LogP contribution in [-0.2, 0) is 9.53 Å². The molecule has 1 aromatic heterocycles. The van der Waals surface area contributed by atoms with Crippen molar-refractivity contribution in [2.45, 2.75) is 19.1 Å². The van der Waals surface area contributed by atoms with Crippen molar-refractivity contribution >= 4 is 11.6 Å². The van der Waals surface area contributed by atoms with Crippen LogP contribution in [0.15, 0.2) is 42.6 Å². The Morgan fingerprint density at radius 3 is 2.60 bits per heavy atom. The van der Waals surface area contributed by atoms with E-state index >= 15 is 0 Å². The quantitative estimate of drug-likeness (QED) is 0.810. The first-order valence-corrected chi connectivity index (χ1v) is 7.98. The Kier molecular flexibility index (Phi) is 5.35. The zero-order valence-corrected chi connectivity index (χ0v) is 14.1. The van der Waals surface area contributed by atoms with E-state index < -0.39 is 12.2 Å². The summed E-state index contributed by atoms with van der Waals surface area (Å²) < 4.78 is 21.8. The largest absolute Gasteiger partial charge is 0.482 e. The molecule has 2 heterocycles. The topological polar surface area (TPSA) is 78.9 Å². The number of fused-ring (bicyclic) bond motifs is 1. The number of benzene rings is 1. The second-order valence-electron chi connectivity index (χ2n) is 5.52. The van der Waals surface area contributed by atoms with Gasteiger partial charge >= 0.3 is 0 Å². The maximum atomic E-state index is 12.5. The third-order valence-electron chi connectivity index (χ3n) is 3.64. The number of ether oxygens (including phenoxy) is 4. The van der Waals surface area contributed by atoms with Gasteiger partial charge in [0.15, 0.2) is 11.5 Å². The lowest BCUT2D eigenvalue weighted by molar-refractivity contribution is -0.128. The molecule has 3 rings (SSSR count). The van der Waals surface area contributed by atoms with Crippen LogP contribution in [0, 0.1) is 0 Å². The lowest BCUT2D eigenvalue weighted by Crippen LogP contribution is -2.46. The van der Waals surface area contributed by atoms with Crippen molar-refractivity contribution in [3.8, 4) is 17.4 Å². The highest BCUT2D eigenvalue weighted by atomic mass is 16.6. The number of nitrogens with zero attached hydrogens (tertiary/aromatic N) is 1. The van der Waals surface area contributed by atoms with E-state index in [0.29, 0.717) is 36.3 Å². The van der Waals surface area contributed by atoms with Crippen molar-refractivity contribution < 1.29 is 23.7 Å². The van der Waals surface area contributed by atoms with Crippen LogP contribution in [0.3, 0.4) is 0 Å². The summed E-state index contributed by atoms with van der Waals surface area (Å²) >= 11 is 0. The second-order valence-corrected chi connectivity index (χ2v) is 5.52. The molecule has 2 aromatic rings. The minimum atomic E-state index is -0.743. The third-order valence-corrected chi connectivity index (χ3v) is 3.64. The van der Waals surface area contributed by atoms with Crippen LogP contribution < -0.4 is 19.5 Å². The van der Waals surface area contributed by atoms with Gasteiger partial charge in [-0.1, -0.05) is 12.1 Å². The number of hydrogen-bond donors (Lipinski definition) is 1. The summed E-state index contributed by atoms with van der Waals surface area (Å²) in [4.78, 5) is 16.6. The Bertz CT molecular complexity index is 720. The number of para-hydroxylation sites is 2. The van der Waals surface area contributed by atoms with Crippen LogP contribution >= 0.6 is 0 Å². The van der Waals surface area contributed by atoms with E-state index in [-0.39, 0.29) is 5.91 Å². The zero-order valence-electron chi connectivity index (χ0n) is 14.1. The van der Waals surface area contributed by atoms with Crippen molar-refractivity contribution in [1.82, 2.24) is 4.98 Å². The summed E-state index contributed by atoms with van der Waals surface area (Å²) in [7, 11) is 1.60. The Balaban J connectivity index is 1.60. The molecular formula is C18H20N2O5. The van der Waals surface area contributed by atoms with Crippen LogP contribution in [0.25, 0.3) is 0 Å². The fourth-order valence-electron chi connectivity index (χ4n) is 2.39. The summed E-state index contributed by atoms with van der Waals surface area (Å²) in [5.74, 6) is 1.37. The van der Waals surface area contributed by atoms with Gasteiger partial charge in [0.05, 0.1) is 18.5 Å². The van der Waals surface area contributed by atoms with Crippen LogP contribution in [0.2, 0.25) is 0 Å². The molecule has 0 saturated heterocycles. The van der Waals surface area contributed by atoms with E-state index in [1.54, 1.807) is 32.2 Å². The van der Waals surface area contributed by atoms with Gasteiger partial charge in [-0.3, -0.25) is 4.79 Å². The van der Waals surface area contributed by atoms with Crippen LogP contribution in [0.5, 0.6) is 17.4 Å². The Hall–Kier alpha value is -2.80. The van der Waals surface area contributed by atoms with E-state index in [0.717, 1.165) is 0 Å². The van der Waals surface area contributed by atoms with Gasteiger partial charge in [0.25, 0.3) is 5.91 Å². The highest BCUT2D eigenvalue weighted by molar-refractivity contribution is 5.95. The number of aromatic nitrogens is 1. The summed E-state index contributed by atoms with van der Waals surface area (Å²) in [6.07, 6.45) is 0.384. The third kappa shape index (κ3) is 4.19. The summed E-state index contributed by atoms with van der Waals surface area (Å²) in [5.41, 5.74) is 0.554. The van der Waals surface area contributed by atoms with E-state index in [2.05, 4.69) is 10.3 Å². The molecule has 0 bridgehead atoms. The van der Waals surface area contributed by atoms with Crippen molar-refractivity contribution in [2.75, 3.05) is 25.6 Å². The summed E-state index contributed by atoms with van der Waals surface area (Å²) in [5, 5.41) is 2.78. The van der Waals surface area contributed by atoms with E-state index in [1.165, 1.54) is 6.20 Å². The average Bonchev–Trinajstić information content (AvgIpc) is 2.62. The predicted octanol–water partition coefficient (Wildman–Crippen LogP) is 2.27. The van der Waals surface area contributed by atoms with Crippen LogP contribution in [-0.4, -0.2) is 43.4 Å². The van der Waals surface area contributed by atoms with E-state index in [4.69, 9.17) is 18.9 Å². The molecule has 7 nitrogen and oxygen atoms in total. The lowest BCUT2D eigenvalue weighted by Gasteiger charge is -2.30. The number of anilines is 1. The average molecular weight is 344 g/mol. The van der Waals surface area contributed by atoms with Crippen LogP contribution in [0.4, 0.5) is 5.69 Å². The number of hydrogen-bond acceptors (Lipinski definition) is 6. The number of methoxy groups -OCH3 is 1. The minimum Gasteiger partial charge on any atom is -0.482 e. The van der Waals surface area contributed by atoms with Crippen molar-refractivity contribution in [2.24, 2.45) is 0 Å². The fraction of sp³-hybridized carbons (Fsp3) is 0.333. The van der Waals surface area contributed by atoms with Gasteiger partial charge < -0.3 is 24.3 Å². The Labute approximate surface area is 145 Å². The SMILES string of the molecule is COCCOc1ccc(NC(=O)[C@@H]2Oc3ccccc3O[C@H]2C)cn1. The number of rotatable bonds is 6. The Morgan fingerprint density at radius 1 is 1.16 bits per heavy atom. The molecule has 0 saturated carbocycles. The molecule has 7 heteroatoms. The molecule has 0 unspecified atom stereocenters. The monoisotopic (exact) mass is 344 g/mol. The molecule has 1 aliphatic heterocycles.